The number of rotatable bonds is 6. The summed E-state index contributed by atoms with van der Waals surface area (Å²) in [6.07, 6.45) is 1.79. The fourth-order valence-electron chi connectivity index (χ4n) is 1.96. The standard InChI is InChI=1S/C17H20BrN3OS/c1-12-8-14(18)5-6-15(12)23-11-17(22)20-10-13-4-7-16(19-9-13)21(2)3/h4-9H,10-11H2,1-3H3,(H,20,22). The van der Waals surface area contributed by atoms with Gasteiger partial charge in [0, 0.05) is 36.2 Å². The number of carbonyl (C=O) groups is 1. The molecule has 0 fully saturated rings. The zero-order valence-electron chi connectivity index (χ0n) is 13.5. The molecule has 2 aromatic rings. The highest BCUT2D eigenvalue weighted by atomic mass is 79.9. The number of benzene rings is 1. The molecule has 122 valence electrons. The second kappa shape index (κ2) is 8.36. The molecule has 1 N–H and O–H groups in total. The maximum Gasteiger partial charge on any atom is 0.230 e. The third-order valence-corrected chi connectivity index (χ3v) is 4.92. The first-order valence-electron chi connectivity index (χ1n) is 7.23. The van der Waals surface area contributed by atoms with Crippen molar-refractivity contribution in [2.75, 3.05) is 24.7 Å². The third kappa shape index (κ3) is 5.55. The SMILES string of the molecule is Cc1cc(Br)ccc1SCC(=O)NCc1ccc(N(C)C)nc1. The molecule has 1 aromatic carbocycles. The van der Waals surface area contributed by atoms with Crippen molar-refractivity contribution in [1.82, 2.24) is 10.3 Å². The average Bonchev–Trinajstić information content (AvgIpc) is 2.52. The monoisotopic (exact) mass is 393 g/mol. The van der Waals surface area contributed by atoms with E-state index < -0.39 is 0 Å². The zero-order valence-corrected chi connectivity index (χ0v) is 15.9. The van der Waals surface area contributed by atoms with Crippen LogP contribution in [-0.2, 0) is 11.3 Å². The van der Waals surface area contributed by atoms with Crippen LogP contribution in [0.2, 0.25) is 0 Å². The topological polar surface area (TPSA) is 45.2 Å². The van der Waals surface area contributed by atoms with E-state index in [1.165, 1.54) is 5.56 Å². The maximum absolute atomic E-state index is 12.0. The minimum absolute atomic E-state index is 0.0222. The lowest BCUT2D eigenvalue weighted by Crippen LogP contribution is -2.24. The number of hydrogen-bond donors (Lipinski definition) is 1. The van der Waals surface area contributed by atoms with Gasteiger partial charge in [0.05, 0.1) is 5.75 Å². The van der Waals surface area contributed by atoms with Crippen molar-refractivity contribution in [3.05, 3.63) is 52.1 Å². The molecule has 0 bridgehead atoms. The molecule has 0 radical (unpaired) electrons. The molecule has 0 unspecified atom stereocenters. The Kier molecular flexibility index (Phi) is 6.47. The lowest BCUT2D eigenvalue weighted by Gasteiger charge is -2.11. The van der Waals surface area contributed by atoms with E-state index in [0.717, 1.165) is 20.7 Å². The number of pyridine rings is 1. The maximum atomic E-state index is 12.0. The van der Waals surface area contributed by atoms with Gasteiger partial charge >= 0.3 is 0 Å². The van der Waals surface area contributed by atoms with Gasteiger partial charge in [-0.2, -0.15) is 0 Å². The van der Waals surface area contributed by atoms with Gasteiger partial charge in [-0.1, -0.05) is 22.0 Å². The number of nitrogens with zero attached hydrogens (tertiary/aromatic N) is 2. The van der Waals surface area contributed by atoms with E-state index in [1.807, 2.05) is 50.2 Å². The number of amides is 1. The Morgan fingerprint density at radius 3 is 2.70 bits per heavy atom. The molecule has 1 heterocycles. The fraction of sp³-hybridized carbons (Fsp3) is 0.294. The van der Waals surface area contributed by atoms with Gasteiger partial charge in [-0.05, 0) is 42.3 Å². The molecule has 0 saturated carbocycles. The van der Waals surface area contributed by atoms with Gasteiger partial charge in [0.2, 0.25) is 5.91 Å². The number of anilines is 1. The Hall–Kier alpha value is -1.53. The summed E-state index contributed by atoms with van der Waals surface area (Å²) >= 11 is 4.99. The smallest absolute Gasteiger partial charge is 0.230 e. The number of aromatic nitrogens is 1. The molecule has 0 atom stereocenters. The molecule has 1 amide bonds. The predicted molar refractivity (Wildman–Crippen MR) is 100 cm³/mol. The molecule has 0 saturated heterocycles. The Bertz CT molecular complexity index is 674. The van der Waals surface area contributed by atoms with E-state index in [4.69, 9.17) is 0 Å². The first kappa shape index (κ1) is 17.8. The molecule has 23 heavy (non-hydrogen) atoms. The number of nitrogens with one attached hydrogen (secondary N) is 1. The molecule has 4 nitrogen and oxygen atoms in total. The van der Waals surface area contributed by atoms with Crippen LogP contribution in [0.5, 0.6) is 0 Å². The normalized spacial score (nSPS) is 10.4. The highest BCUT2D eigenvalue weighted by molar-refractivity contribution is 9.10. The van der Waals surface area contributed by atoms with E-state index in [1.54, 1.807) is 18.0 Å². The molecule has 0 aliphatic carbocycles. The van der Waals surface area contributed by atoms with Gasteiger partial charge in [-0.25, -0.2) is 4.98 Å². The average molecular weight is 394 g/mol. The Morgan fingerprint density at radius 2 is 2.09 bits per heavy atom. The van der Waals surface area contributed by atoms with Crippen molar-refractivity contribution in [2.24, 2.45) is 0 Å². The minimum Gasteiger partial charge on any atom is -0.363 e. The highest BCUT2D eigenvalue weighted by Gasteiger charge is 2.06. The first-order valence-corrected chi connectivity index (χ1v) is 9.01. The second-order valence-corrected chi connectivity index (χ2v) is 7.33. The largest absolute Gasteiger partial charge is 0.363 e. The number of carbonyl (C=O) groups excluding carboxylic acids is 1. The zero-order chi connectivity index (χ0) is 16.8. The summed E-state index contributed by atoms with van der Waals surface area (Å²) in [6, 6.07) is 10.0. The lowest BCUT2D eigenvalue weighted by molar-refractivity contribution is -0.118. The molecule has 0 aliphatic heterocycles. The Labute approximate surface area is 149 Å². The summed E-state index contributed by atoms with van der Waals surface area (Å²) in [5.74, 6) is 1.33. The van der Waals surface area contributed by atoms with Crippen molar-refractivity contribution < 1.29 is 4.79 Å². The van der Waals surface area contributed by atoms with Crippen molar-refractivity contribution in [3.63, 3.8) is 0 Å². The van der Waals surface area contributed by atoms with E-state index >= 15 is 0 Å². The van der Waals surface area contributed by atoms with Gasteiger partial charge in [0.25, 0.3) is 0 Å². The van der Waals surface area contributed by atoms with Crippen molar-refractivity contribution in [3.8, 4) is 0 Å². The van der Waals surface area contributed by atoms with Crippen LogP contribution in [0.3, 0.4) is 0 Å². The van der Waals surface area contributed by atoms with E-state index in [2.05, 4.69) is 32.3 Å². The number of hydrogen-bond acceptors (Lipinski definition) is 4. The Morgan fingerprint density at radius 1 is 1.30 bits per heavy atom. The second-order valence-electron chi connectivity index (χ2n) is 5.39. The quantitative estimate of drug-likeness (QED) is 0.761. The minimum atomic E-state index is 0.0222. The van der Waals surface area contributed by atoms with Gasteiger partial charge in [0.1, 0.15) is 5.82 Å². The summed E-state index contributed by atoms with van der Waals surface area (Å²) in [4.78, 5) is 19.4. The number of halogens is 1. The van der Waals surface area contributed by atoms with Crippen LogP contribution in [0.15, 0.2) is 45.9 Å². The van der Waals surface area contributed by atoms with Gasteiger partial charge in [-0.15, -0.1) is 11.8 Å². The highest BCUT2D eigenvalue weighted by Crippen LogP contribution is 2.25. The fourth-order valence-corrected chi connectivity index (χ4v) is 3.27. The van der Waals surface area contributed by atoms with Crippen molar-refractivity contribution in [1.29, 1.82) is 0 Å². The molecule has 0 aliphatic rings. The third-order valence-electron chi connectivity index (χ3n) is 3.25. The predicted octanol–water partition coefficient (Wildman–Crippen LogP) is 3.63. The lowest BCUT2D eigenvalue weighted by atomic mass is 10.2. The van der Waals surface area contributed by atoms with E-state index in [9.17, 15) is 4.79 Å². The molecule has 2 rings (SSSR count). The van der Waals surface area contributed by atoms with Crippen LogP contribution in [0.4, 0.5) is 5.82 Å². The van der Waals surface area contributed by atoms with Crippen molar-refractivity contribution >= 4 is 39.4 Å². The van der Waals surface area contributed by atoms with E-state index in [-0.39, 0.29) is 5.91 Å². The Balaban J connectivity index is 1.80. The van der Waals surface area contributed by atoms with Crippen LogP contribution >= 0.6 is 27.7 Å². The van der Waals surface area contributed by atoms with Gasteiger partial charge < -0.3 is 10.2 Å². The molecule has 6 heteroatoms. The first-order chi connectivity index (χ1) is 11.0. The van der Waals surface area contributed by atoms with Crippen LogP contribution in [0.25, 0.3) is 0 Å². The van der Waals surface area contributed by atoms with Crippen LogP contribution in [0.1, 0.15) is 11.1 Å². The molecular weight excluding hydrogens is 374 g/mol. The molecule has 0 spiro atoms. The van der Waals surface area contributed by atoms with Crippen LogP contribution < -0.4 is 10.2 Å². The summed E-state index contributed by atoms with van der Waals surface area (Å²) in [7, 11) is 3.90. The van der Waals surface area contributed by atoms with Gasteiger partial charge in [-0.3, -0.25) is 4.79 Å². The number of aryl methyl sites for hydroxylation is 1. The van der Waals surface area contributed by atoms with Crippen LogP contribution in [0, 0.1) is 6.92 Å². The van der Waals surface area contributed by atoms with E-state index in [0.29, 0.717) is 12.3 Å². The summed E-state index contributed by atoms with van der Waals surface area (Å²) < 4.78 is 1.05. The summed E-state index contributed by atoms with van der Waals surface area (Å²) in [6.45, 7) is 2.54. The molecular formula is C17H20BrN3OS. The molecule has 1 aromatic heterocycles. The summed E-state index contributed by atoms with van der Waals surface area (Å²) in [5, 5.41) is 2.93. The summed E-state index contributed by atoms with van der Waals surface area (Å²) in [5.41, 5.74) is 2.16. The van der Waals surface area contributed by atoms with Crippen molar-refractivity contribution in [2.45, 2.75) is 18.4 Å². The number of thioether (sulfide) groups is 1. The van der Waals surface area contributed by atoms with Crippen LogP contribution in [-0.4, -0.2) is 30.7 Å². The van der Waals surface area contributed by atoms with Gasteiger partial charge in [0.15, 0.2) is 0 Å².